The van der Waals surface area contributed by atoms with Crippen molar-refractivity contribution in [3.05, 3.63) is 59.3 Å². The quantitative estimate of drug-likeness (QED) is 0.358. The summed E-state index contributed by atoms with van der Waals surface area (Å²) in [6.07, 6.45) is 1.85. The average molecular weight is 498 g/mol. The van der Waals surface area contributed by atoms with E-state index in [1.54, 1.807) is 13.0 Å². The molecule has 190 valence electrons. The first kappa shape index (κ1) is 24.8. The van der Waals surface area contributed by atoms with Crippen LogP contribution in [0.3, 0.4) is 0 Å². The lowest BCUT2D eigenvalue weighted by molar-refractivity contribution is -0.138. The second-order valence-corrected chi connectivity index (χ2v) is 10.6. The van der Waals surface area contributed by atoms with Crippen LogP contribution in [0.1, 0.15) is 57.4 Å². The number of fused-ring (bicyclic) bond motifs is 1. The van der Waals surface area contributed by atoms with Crippen molar-refractivity contribution in [3.8, 4) is 16.9 Å². The van der Waals surface area contributed by atoms with Gasteiger partial charge in [0.2, 0.25) is 5.91 Å². The second-order valence-electron chi connectivity index (χ2n) is 10.6. The predicted molar refractivity (Wildman–Crippen MR) is 145 cm³/mol. The van der Waals surface area contributed by atoms with E-state index in [2.05, 4.69) is 5.32 Å². The van der Waals surface area contributed by atoms with E-state index in [1.807, 2.05) is 64.2 Å². The van der Waals surface area contributed by atoms with E-state index in [9.17, 15) is 9.59 Å². The Kier molecular flexibility index (Phi) is 6.20. The number of nitrogens with one attached hydrogen (secondary N) is 1. The van der Waals surface area contributed by atoms with Gasteiger partial charge in [-0.1, -0.05) is 0 Å². The molecule has 0 fully saturated rings. The van der Waals surface area contributed by atoms with Crippen molar-refractivity contribution >= 4 is 39.3 Å². The molecule has 1 aliphatic rings. The number of amides is 1. The number of carbonyl (C=O) groups is 2. The van der Waals surface area contributed by atoms with Crippen LogP contribution >= 0.6 is 0 Å². The Bertz CT molecular complexity index is 1560. The van der Waals surface area contributed by atoms with Gasteiger partial charge in [-0.3, -0.25) is 14.6 Å². The molecule has 0 spiro atoms. The van der Waals surface area contributed by atoms with Gasteiger partial charge in [-0.05, 0) is 93.3 Å². The predicted octanol–water partition coefficient (Wildman–Crippen LogP) is 6.10. The average Bonchev–Trinajstić information content (AvgIpc) is 2.82. The number of hydrogen-bond acceptors (Lipinski definition) is 6. The van der Waals surface area contributed by atoms with E-state index < -0.39 is 11.7 Å². The maximum atomic E-state index is 13.1. The first-order valence-corrected chi connectivity index (χ1v) is 12.5. The number of Topliss-reactive ketones (excluding diaryl/α,β-unsaturated/α-hetero) is 1. The van der Waals surface area contributed by atoms with Crippen LogP contribution < -0.4 is 10.1 Å². The Balaban J connectivity index is 1.88. The maximum absolute atomic E-state index is 13.1. The molecule has 1 unspecified atom stereocenters. The minimum absolute atomic E-state index is 0.0829. The molecule has 0 bridgehead atoms. The molecule has 37 heavy (non-hydrogen) atoms. The van der Waals surface area contributed by atoms with Gasteiger partial charge >= 0.3 is 0 Å². The molecule has 1 aliphatic heterocycles. The molecular weight excluding hydrogens is 466 g/mol. The Morgan fingerprint density at radius 2 is 1.89 bits per heavy atom. The summed E-state index contributed by atoms with van der Waals surface area (Å²) in [5.74, 6) is 1.01. The van der Waals surface area contributed by atoms with Crippen molar-refractivity contribution in [2.24, 2.45) is 0 Å². The summed E-state index contributed by atoms with van der Waals surface area (Å²) in [4.78, 5) is 34.3. The van der Waals surface area contributed by atoms with Crippen molar-refractivity contribution in [1.82, 2.24) is 9.97 Å². The number of ether oxygens (including phenoxy) is 2. The van der Waals surface area contributed by atoms with Crippen LogP contribution in [0.15, 0.2) is 42.6 Å². The molecule has 0 aliphatic carbocycles. The molecule has 7 heteroatoms. The number of nitrogens with zero attached hydrogens (tertiary/aromatic N) is 2. The minimum atomic E-state index is -0.781. The Hall–Kier alpha value is -3.84. The summed E-state index contributed by atoms with van der Waals surface area (Å²) in [5, 5.41) is 4.60. The van der Waals surface area contributed by atoms with Crippen LogP contribution in [0.25, 0.3) is 32.9 Å². The molecule has 1 atom stereocenters. The highest BCUT2D eigenvalue weighted by Crippen LogP contribution is 2.45. The van der Waals surface area contributed by atoms with Crippen molar-refractivity contribution < 1.29 is 19.1 Å². The molecule has 1 N–H and O–H groups in total. The SMILES string of the molecule is CC(=O)Nc1ccc2c(-c3ccc4c5c(ccnc35)CCO4)c(C(OC(C)(C)C)C(C)=O)c(C)cc2n1. The van der Waals surface area contributed by atoms with E-state index in [0.717, 1.165) is 50.7 Å². The highest BCUT2D eigenvalue weighted by atomic mass is 16.5. The molecule has 0 saturated carbocycles. The summed E-state index contributed by atoms with van der Waals surface area (Å²) in [7, 11) is 0. The number of aromatic nitrogens is 2. The van der Waals surface area contributed by atoms with Gasteiger partial charge in [-0.15, -0.1) is 0 Å². The molecule has 0 saturated heterocycles. The number of hydrogen-bond donors (Lipinski definition) is 1. The van der Waals surface area contributed by atoms with Crippen LogP contribution in [0.4, 0.5) is 5.82 Å². The Morgan fingerprint density at radius 3 is 2.59 bits per heavy atom. The summed E-state index contributed by atoms with van der Waals surface area (Å²) in [6, 6.07) is 11.7. The highest BCUT2D eigenvalue weighted by molar-refractivity contribution is 6.08. The van der Waals surface area contributed by atoms with Crippen molar-refractivity contribution in [2.45, 2.75) is 59.7 Å². The number of anilines is 1. The zero-order valence-electron chi connectivity index (χ0n) is 22.1. The third-order valence-electron chi connectivity index (χ3n) is 6.49. The van der Waals surface area contributed by atoms with E-state index in [0.29, 0.717) is 17.9 Å². The fourth-order valence-corrected chi connectivity index (χ4v) is 5.10. The fourth-order valence-electron chi connectivity index (χ4n) is 5.10. The number of ketones is 1. The Labute approximate surface area is 216 Å². The van der Waals surface area contributed by atoms with E-state index >= 15 is 0 Å². The largest absolute Gasteiger partial charge is 0.493 e. The molecule has 0 radical (unpaired) electrons. The number of benzene rings is 2. The van der Waals surface area contributed by atoms with E-state index in [4.69, 9.17) is 19.4 Å². The molecule has 5 rings (SSSR count). The third kappa shape index (κ3) is 4.67. The summed E-state index contributed by atoms with van der Waals surface area (Å²) in [6.45, 7) is 11.5. The molecule has 2 aromatic heterocycles. The highest BCUT2D eigenvalue weighted by Gasteiger charge is 2.31. The first-order chi connectivity index (χ1) is 17.5. The summed E-state index contributed by atoms with van der Waals surface area (Å²) < 4.78 is 12.3. The number of rotatable bonds is 5. The smallest absolute Gasteiger partial charge is 0.222 e. The van der Waals surface area contributed by atoms with Crippen molar-refractivity contribution in [3.63, 3.8) is 0 Å². The standard InChI is InChI=1S/C30H31N3O4/c1-16-15-22-20(8-10-24(33-22)32-18(3)35)27(25(16)29(17(2)34)37-30(4,5)6)21-7-9-23-26-19(12-14-36-23)11-13-31-28(21)26/h7-11,13,15,29H,12,14H2,1-6H3,(H,32,33,35). The number of aryl methyl sites for hydroxylation is 1. The topological polar surface area (TPSA) is 90.4 Å². The van der Waals surface area contributed by atoms with Crippen molar-refractivity contribution in [1.29, 1.82) is 0 Å². The van der Waals surface area contributed by atoms with Crippen LogP contribution in [0.2, 0.25) is 0 Å². The lowest BCUT2D eigenvalue weighted by atomic mass is 9.85. The summed E-state index contributed by atoms with van der Waals surface area (Å²) in [5.41, 5.74) is 5.56. The van der Waals surface area contributed by atoms with Crippen LogP contribution in [-0.4, -0.2) is 33.9 Å². The van der Waals surface area contributed by atoms with Gasteiger partial charge in [0.05, 0.1) is 23.2 Å². The fraction of sp³-hybridized carbons (Fsp3) is 0.333. The van der Waals surface area contributed by atoms with Gasteiger partial charge < -0.3 is 14.8 Å². The monoisotopic (exact) mass is 497 g/mol. The van der Waals surface area contributed by atoms with Gasteiger partial charge in [-0.25, -0.2) is 4.98 Å². The molecule has 3 heterocycles. The Morgan fingerprint density at radius 1 is 1.11 bits per heavy atom. The van der Waals surface area contributed by atoms with Gasteiger partial charge in [0.1, 0.15) is 17.7 Å². The zero-order valence-corrected chi connectivity index (χ0v) is 22.1. The first-order valence-electron chi connectivity index (χ1n) is 12.5. The lowest BCUT2D eigenvalue weighted by Gasteiger charge is -2.30. The molecular formula is C30H31N3O4. The molecule has 2 aromatic carbocycles. The number of carbonyl (C=O) groups excluding carboxylic acids is 2. The van der Waals surface area contributed by atoms with E-state index in [-0.39, 0.29) is 11.7 Å². The third-order valence-corrected chi connectivity index (χ3v) is 6.49. The van der Waals surface area contributed by atoms with E-state index in [1.165, 1.54) is 12.5 Å². The van der Waals surface area contributed by atoms with Crippen LogP contribution in [0.5, 0.6) is 5.75 Å². The second kappa shape index (κ2) is 9.23. The molecule has 1 amide bonds. The number of pyridine rings is 2. The van der Waals surface area contributed by atoms with Crippen LogP contribution in [0, 0.1) is 6.92 Å². The molecule has 4 aromatic rings. The molecule has 7 nitrogen and oxygen atoms in total. The van der Waals surface area contributed by atoms with Crippen molar-refractivity contribution in [2.75, 3.05) is 11.9 Å². The minimum Gasteiger partial charge on any atom is -0.493 e. The summed E-state index contributed by atoms with van der Waals surface area (Å²) >= 11 is 0. The van der Waals surface area contributed by atoms with Crippen LogP contribution in [-0.2, 0) is 20.7 Å². The van der Waals surface area contributed by atoms with Gasteiger partial charge in [0.15, 0.2) is 5.78 Å². The zero-order chi connectivity index (χ0) is 26.5. The van der Waals surface area contributed by atoms with Gasteiger partial charge in [0.25, 0.3) is 0 Å². The van der Waals surface area contributed by atoms with Gasteiger partial charge in [-0.2, -0.15) is 0 Å². The van der Waals surface area contributed by atoms with Gasteiger partial charge in [0, 0.05) is 35.9 Å². The lowest BCUT2D eigenvalue weighted by Crippen LogP contribution is -2.27. The normalized spacial score (nSPS) is 13.9. The maximum Gasteiger partial charge on any atom is 0.222 e.